The normalized spacial score (nSPS) is 11.2. The van der Waals surface area contributed by atoms with E-state index in [-0.39, 0.29) is 17.9 Å². The Kier molecular flexibility index (Phi) is 5.91. The van der Waals surface area contributed by atoms with Crippen LogP contribution in [0.15, 0.2) is 54.7 Å². The number of aryl methyl sites for hydroxylation is 1. The predicted octanol–water partition coefficient (Wildman–Crippen LogP) is 4.63. The molecule has 1 heterocycles. The minimum absolute atomic E-state index is 0.0466. The Morgan fingerprint density at radius 2 is 1.77 bits per heavy atom. The van der Waals surface area contributed by atoms with Gasteiger partial charge in [0.15, 0.2) is 5.69 Å². The van der Waals surface area contributed by atoms with Crippen molar-refractivity contribution in [3.8, 4) is 5.69 Å². The molecule has 156 valence electrons. The number of carbonyl (C=O) groups is 2. The zero-order valence-corrected chi connectivity index (χ0v) is 16.2. The van der Waals surface area contributed by atoms with Crippen LogP contribution in [0.25, 0.3) is 5.69 Å². The number of nitrogens with one attached hydrogen (secondary N) is 1. The summed E-state index contributed by atoms with van der Waals surface area (Å²) in [5.41, 5.74) is -0.0974. The van der Waals surface area contributed by atoms with Gasteiger partial charge in [0.1, 0.15) is 5.56 Å². The Morgan fingerprint density at radius 3 is 2.37 bits per heavy atom. The highest BCUT2D eigenvalue weighted by Gasteiger charge is 2.41. The van der Waals surface area contributed by atoms with E-state index in [4.69, 9.17) is 0 Å². The van der Waals surface area contributed by atoms with Gasteiger partial charge in [-0.15, -0.1) is 0 Å². The topological polar surface area (TPSA) is 73.2 Å². The van der Waals surface area contributed by atoms with Crippen LogP contribution in [-0.2, 0) is 10.9 Å². The number of nitrogens with zero attached hydrogens (tertiary/aromatic N) is 2. The molecule has 0 aliphatic heterocycles. The number of para-hydroxylation sites is 1. The third kappa shape index (κ3) is 4.35. The number of amides is 1. The van der Waals surface area contributed by atoms with Crippen LogP contribution >= 0.6 is 0 Å². The Morgan fingerprint density at radius 1 is 1.10 bits per heavy atom. The molecule has 0 fully saturated rings. The van der Waals surface area contributed by atoms with Crippen molar-refractivity contribution >= 4 is 17.6 Å². The largest absolute Gasteiger partial charge is 0.462 e. The Hall–Kier alpha value is -3.62. The summed E-state index contributed by atoms with van der Waals surface area (Å²) < 4.78 is 46.0. The lowest BCUT2D eigenvalue weighted by molar-refractivity contribution is -0.143. The quantitative estimate of drug-likeness (QED) is 0.615. The second-order valence-corrected chi connectivity index (χ2v) is 6.35. The van der Waals surface area contributed by atoms with Crippen LogP contribution < -0.4 is 5.32 Å². The number of rotatable bonds is 5. The van der Waals surface area contributed by atoms with Gasteiger partial charge in [-0.05, 0) is 49.7 Å². The zero-order chi connectivity index (χ0) is 21.9. The van der Waals surface area contributed by atoms with Gasteiger partial charge in [-0.25, -0.2) is 9.48 Å². The monoisotopic (exact) mass is 417 g/mol. The van der Waals surface area contributed by atoms with Gasteiger partial charge < -0.3 is 10.1 Å². The van der Waals surface area contributed by atoms with Crippen LogP contribution in [0.2, 0.25) is 0 Å². The van der Waals surface area contributed by atoms with Gasteiger partial charge in [0, 0.05) is 11.3 Å². The first-order valence-corrected chi connectivity index (χ1v) is 9.02. The van der Waals surface area contributed by atoms with Crippen molar-refractivity contribution in [1.29, 1.82) is 0 Å². The van der Waals surface area contributed by atoms with Crippen LogP contribution in [-0.4, -0.2) is 28.3 Å². The van der Waals surface area contributed by atoms with E-state index in [0.29, 0.717) is 10.4 Å². The van der Waals surface area contributed by atoms with Crippen molar-refractivity contribution in [1.82, 2.24) is 9.78 Å². The Balaban J connectivity index is 1.90. The van der Waals surface area contributed by atoms with Crippen molar-refractivity contribution < 1.29 is 27.5 Å². The zero-order valence-electron chi connectivity index (χ0n) is 16.2. The maximum absolute atomic E-state index is 13.6. The summed E-state index contributed by atoms with van der Waals surface area (Å²) in [6.45, 7) is 3.28. The molecule has 0 saturated heterocycles. The lowest BCUT2D eigenvalue weighted by Gasteiger charge is -2.13. The summed E-state index contributed by atoms with van der Waals surface area (Å²) >= 11 is 0. The average Bonchev–Trinajstić information content (AvgIpc) is 3.16. The molecule has 0 saturated carbocycles. The van der Waals surface area contributed by atoms with E-state index in [0.717, 1.165) is 11.8 Å². The molecule has 0 aliphatic rings. The lowest BCUT2D eigenvalue weighted by Crippen LogP contribution is -2.18. The summed E-state index contributed by atoms with van der Waals surface area (Å²) in [6, 6.07) is 12.6. The van der Waals surface area contributed by atoms with E-state index in [1.807, 2.05) is 19.1 Å². The number of ether oxygens (including phenoxy) is 1. The minimum atomic E-state index is -4.83. The maximum Gasteiger partial charge on any atom is 0.434 e. The van der Waals surface area contributed by atoms with Crippen LogP contribution in [0.5, 0.6) is 0 Å². The van der Waals surface area contributed by atoms with Gasteiger partial charge in [-0.3, -0.25) is 4.79 Å². The molecule has 9 heteroatoms. The molecule has 0 bridgehead atoms. The molecule has 3 aromatic rings. The molecule has 1 aromatic heterocycles. The number of anilines is 1. The van der Waals surface area contributed by atoms with Crippen molar-refractivity contribution in [3.63, 3.8) is 0 Å². The van der Waals surface area contributed by atoms with E-state index < -0.39 is 29.3 Å². The van der Waals surface area contributed by atoms with E-state index in [1.165, 1.54) is 31.2 Å². The SMILES string of the molecule is CCOC(=O)c1cnn(-c2ccc(C(=O)Nc3ccccc3C)cc2)c1C(F)(F)F. The first-order chi connectivity index (χ1) is 14.2. The number of alkyl halides is 3. The molecule has 30 heavy (non-hydrogen) atoms. The van der Waals surface area contributed by atoms with E-state index in [1.54, 1.807) is 12.1 Å². The third-order valence-corrected chi connectivity index (χ3v) is 4.30. The number of carbonyl (C=O) groups excluding carboxylic acids is 2. The van der Waals surface area contributed by atoms with E-state index in [9.17, 15) is 22.8 Å². The highest BCUT2D eigenvalue weighted by molar-refractivity contribution is 6.04. The molecule has 2 aromatic carbocycles. The number of esters is 1. The Bertz CT molecular complexity index is 1070. The number of benzene rings is 2. The van der Waals surface area contributed by atoms with Gasteiger partial charge in [0.2, 0.25) is 0 Å². The maximum atomic E-state index is 13.6. The highest BCUT2D eigenvalue weighted by Crippen LogP contribution is 2.34. The predicted molar refractivity (Wildman–Crippen MR) is 104 cm³/mol. The number of aromatic nitrogens is 2. The van der Waals surface area contributed by atoms with Crippen molar-refractivity contribution in [2.75, 3.05) is 11.9 Å². The first-order valence-electron chi connectivity index (χ1n) is 9.02. The summed E-state index contributed by atoms with van der Waals surface area (Å²) in [4.78, 5) is 24.3. The fourth-order valence-electron chi connectivity index (χ4n) is 2.84. The minimum Gasteiger partial charge on any atom is -0.462 e. The molecule has 0 aliphatic carbocycles. The third-order valence-electron chi connectivity index (χ3n) is 4.30. The van der Waals surface area contributed by atoms with Crippen LogP contribution in [0.1, 0.15) is 38.9 Å². The van der Waals surface area contributed by atoms with Gasteiger partial charge in [-0.1, -0.05) is 18.2 Å². The van der Waals surface area contributed by atoms with Crippen molar-refractivity contribution in [2.45, 2.75) is 20.0 Å². The fraction of sp³-hybridized carbons (Fsp3) is 0.190. The molecule has 0 unspecified atom stereocenters. The smallest absolute Gasteiger partial charge is 0.434 e. The van der Waals surface area contributed by atoms with E-state index >= 15 is 0 Å². The van der Waals surface area contributed by atoms with Crippen LogP contribution in [0.4, 0.5) is 18.9 Å². The molecule has 0 atom stereocenters. The second-order valence-electron chi connectivity index (χ2n) is 6.35. The first kappa shape index (κ1) is 21.1. The number of hydrogen-bond acceptors (Lipinski definition) is 4. The Labute approximate surface area is 170 Å². The number of hydrogen-bond donors (Lipinski definition) is 1. The summed E-state index contributed by atoms with van der Waals surface area (Å²) in [5.74, 6) is -1.51. The molecule has 3 rings (SSSR count). The average molecular weight is 417 g/mol. The molecule has 6 nitrogen and oxygen atoms in total. The van der Waals surface area contributed by atoms with Gasteiger partial charge >= 0.3 is 12.1 Å². The molecule has 0 radical (unpaired) electrons. The fourth-order valence-corrected chi connectivity index (χ4v) is 2.84. The molecular weight excluding hydrogens is 399 g/mol. The van der Waals surface area contributed by atoms with Crippen molar-refractivity contribution in [3.05, 3.63) is 77.1 Å². The second kappa shape index (κ2) is 8.40. The van der Waals surface area contributed by atoms with Gasteiger partial charge in [-0.2, -0.15) is 18.3 Å². The number of halogens is 3. The van der Waals surface area contributed by atoms with Gasteiger partial charge in [0.25, 0.3) is 5.91 Å². The molecule has 0 spiro atoms. The molecule has 1 N–H and O–H groups in total. The standard InChI is InChI=1S/C21H18F3N3O3/c1-3-30-20(29)16-12-25-27(18(16)21(22,23)24)15-10-8-14(9-11-15)19(28)26-17-7-5-4-6-13(17)2/h4-12H,3H2,1-2H3,(H,26,28). The summed E-state index contributed by atoms with van der Waals surface area (Å²) in [5, 5.41) is 6.46. The molecular formula is C21H18F3N3O3. The van der Waals surface area contributed by atoms with Crippen LogP contribution in [0.3, 0.4) is 0 Å². The van der Waals surface area contributed by atoms with Crippen molar-refractivity contribution in [2.24, 2.45) is 0 Å². The summed E-state index contributed by atoms with van der Waals surface area (Å²) in [6.07, 6.45) is -4.01. The summed E-state index contributed by atoms with van der Waals surface area (Å²) in [7, 11) is 0. The van der Waals surface area contributed by atoms with Crippen LogP contribution in [0, 0.1) is 6.92 Å². The molecule has 1 amide bonds. The van der Waals surface area contributed by atoms with E-state index in [2.05, 4.69) is 15.2 Å². The lowest BCUT2D eigenvalue weighted by atomic mass is 10.1. The van der Waals surface area contributed by atoms with Gasteiger partial charge in [0.05, 0.1) is 18.5 Å². The highest BCUT2D eigenvalue weighted by atomic mass is 19.4.